The van der Waals surface area contributed by atoms with Crippen LogP contribution in [-0.4, -0.2) is 26.1 Å². The molecule has 0 amide bonds. The fourth-order valence-corrected chi connectivity index (χ4v) is 3.61. The van der Waals surface area contributed by atoms with Crippen LogP contribution >= 0.6 is 0 Å². The Morgan fingerprint density at radius 2 is 1.87 bits per heavy atom. The summed E-state index contributed by atoms with van der Waals surface area (Å²) < 4.78 is 33.9. The summed E-state index contributed by atoms with van der Waals surface area (Å²) in [4.78, 5) is 11.8. The highest BCUT2D eigenvalue weighted by Crippen LogP contribution is 2.23. The van der Waals surface area contributed by atoms with E-state index >= 15 is 0 Å². The topological polar surface area (TPSA) is 77.4 Å². The molecule has 0 saturated heterocycles. The van der Waals surface area contributed by atoms with Crippen LogP contribution in [0.4, 0.5) is 5.69 Å². The smallest absolute Gasteiger partial charge is 0.354 e. The minimum Gasteiger partial charge on any atom is -0.464 e. The molecule has 23 heavy (non-hydrogen) atoms. The van der Waals surface area contributed by atoms with Crippen LogP contribution in [0.25, 0.3) is 0 Å². The lowest BCUT2D eigenvalue weighted by molar-refractivity contribution is 0.0589. The van der Waals surface area contributed by atoms with Gasteiger partial charge in [-0.2, -0.15) is 0 Å². The number of methoxy groups -OCH3 is 1. The Labute approximate surface area is 136 Å². The van der Waals surface area contributed by atoms with Gasteiger partial charge in [0.1, 0.15) is 10.6 Å². The number of aromatic nitrogens is 1. The molecule has 1 heterocycles. The van der Waals surface area contributed by atoms with Crippen molar-refractivity contribution < 1.29 is 17.9 Å². The van der Waals surface area contributed by atoms with Gasteiger partial charge in [0.15, 0.2) is 0 Å². The first-order chi connectivity index (χ1) is 10.8. The Bertz CT molecular complexity index is 821. The maximum atomic E-state index is 12.6. The van der Waals surface area contributed by atoms with Crippen molar-refractivity contribution in [2.75, 3.05) is 11.8 Å². The highest BCUT2D eigenvalue weighted by atomic mass is 32.2. The van der Waals surface area contributed by atoms with Gasteiger partial charge in [0.05, 0.1) is 7.11 Å². The van der Waals surface area contributed by atoms with Crippen molar-refractivity contribution in [1.29, 1.82) is 0 Å². The van der Waals surface area contributed by atoms with E-state index in [2.05, 4.69) is 9.46 Å². The summed E-state index contributed by atoms with van der Waals surface area (Å²) in [5, 5.41) is 0. The molecule has 7 heteroatoms. The third-order valence-electron chi connectivity index (χ3n) is 3.79. The van der Waals surface area contributed by atoms with E-state index in [-0.39, 0.29) is 10.6 Å². The minimum absolute atomic E-state index is 0.0555. The van der Waals surface area contributed by atoms with E-state index in [9.17, 15) is 13.2 Å². The normalized spacial score (nSPS) is 11.3. The Morgan fingerprint density at radius 1 is 1.26 bits per heavy atom. The van der Waals surface area contributed by atoms with Crippen molar-refractivity contribution in [2.45, 2.75) is 25.2 Å². The van der Waals surface area contributed by atoms with E-state index in [0.29, 0.717) is 11.4 Å². The quantitative estimate of drug-likeness (QED) is 0.851. The molecule has 1 aromatic carbocycles. The van der Waals surface area contributed by atoms with E-state index in [4.69, 9.17) is 0 Å². The van der Waals surface area contributed by atoms with Crippen LogP contribution in [-0.2, 0) is 28.2 Å². The molecule has 0 radical (unpaired) electrons. The monoisotopic (exact) mass is 336 g/mol. The van der Waals surface area contributed by atoms with E-state index in [0.717, 1.165) is 12.0 Å². The van der Waals surface area contributed by atoms with Gasteiger partial charge in [0.2, 0.25) is 0 Å². The first-order valence-electron chi connectivity index (χ1n) is 7.16. The number of hydrogen-bond acceptors (Lipinski definition) is 4. The maximum absolute atomic E-state index is 12.6. The lowest BCUT2D eigenvalue weighted by Crippen LogP contribution is -2.13. The molecule has 0 unspecified atom stereocenters. The Balaban J connectivity index is 2.37. The van der Waals surface area contributed by atoms with Crippen LogP contribution in [0.15, 0.2) is 35.2 Å². The van der Waals surface area contributed by atoms with Gasteiger partial charge in [0.25, 0.3) is 10.0 Å². The van der Waals surface area contributed by atoms with E-state index in [1.165, 1.54) is 17.7 Å². The average molecular weight is 336 g/mol. The molecule has 6 nitrogen and oxygen atoms in total. The number of hydrogen-bond donors (Lipinski definition) is 1. The van der Waals surface area contributed by atoms with Crippen LogP contribution in [0.1, 0.15) is 28.7 Å². The van der Waals surface area contributed by atoms with Crippen molar-refractivity contribution in [3.05, 3.63) is 47.3 Å². The standard InChI is InChI=1S/C16H20N2O4S/c1-5-12-6-8-13(9-7-12)17-23(20,21)15-10-14(16(19)22-4)18(3)11(15)2/h6-10,17H,5H2,1-4H3. The van der Waals surface area contributed by atoms with E-state index < -0.39 is 16.0 Å². The summed E-state index contributed by atoms with van der Waals surface area (Å²) in [7, 11) is -0.908. The second-order valence-electron chi connectivity index (χ2n) is 5.19. The van der Waals surface area contributed by atoms with Gasteiger partial charge in [-0.05, 0) is 37.1 Å². The molecule has 0 aliphatic rings. The van der Waals surface area contributed by atoms with Crippen molar-refractivity contribution in [1.82, 2.24) is 4.57 Å². The molecule has 2 rings (SSSR count). The number of carbonyl (C=O) groups is 1. The number of aryl methyl sites for hydroxylation is 1. The third-order valence-corrected chi connectivity index (χ3v) is 5.28. The van der Waals surface area contributed by atoms with Crippen molar-refractivity contribution in [2.24, 2.45) is 7.05 Å². The zero-order valence-corrected chi connectivity index (χ0v) is 14.4. The molecule has 0 spiro atoms. The number of nitrogens with one attached hydrogen (secondary N) is 1. The summed E-state index contributed by atoms with van der Waals surface area (Å²) in [6, 6.07) is 8.50. The first-order valence-corrected chi connectivity index (χ1v) is 8.65. The van der Waals surface area contributed by atoms with Gasteiger partial charge < -0.3 is 9.30 Å². The molecule has 0 fully saturated rings. The number of anilines is 1. The Hall–Kier alpha value is -2.28. The Kier molecular flexibility index (Phi) is 4.79. The SMILES string of the molecule is CCc1ccc(NS(=O)(=O)c2cc(C(=O)OC)n(C)c2C)cc1. The number of sulfonamides is 1. The molecule has 0 aliphatic heterocycles. The van der Waals surface area contributed by atoms with Crippen molar-refractivity contribution >= 4 is 21.7 Å². The van der Waals surface area contributed by atoms with Gasteiger partial charge >= 0.3 is 5.97 Å². The number of esters is 1. The summed E-state index contributed by atoms with van der Waals surface area (Å²) in [5.41, 5.74) is 2.25. The van der Waals surface area contributed by atoms with Crippen molar-refractivity contribution in [3.63, 3.8) is 0 Å². The van der Waals surface area contributed by atoms with Crippen LogP contribution < -0.4 is 4.72 Å². The molecule has 1 N–H and O–H groups in total. The summed E-state index contributed by atoms with van der Waals surface area (Å²) in [5.74, 6) is -0.579. The van der Waals surface area contributed by atoms with E-state index in [1.54, 1.807) is 26.1 Å². The molecule has 0 bridgehead atoms. The third kappa shape index (κ3) is 3.39. The predicted octanol–water partition coefficient (Wildman–Crippen LogP) is 2.48. The van der Waals surface area contributed by atoms with Gasteiger partial charge in [-0.25, -0.2) is 13.2 Å². The molecule has 0 aliphatic carbocycles. The second-order valence-corrected chi connectivity index (χ2v) is 6.84. The number of rotatable bonds is 5. The largest absolute Gasteiger partial charge is 0.464 e. The van der Waals surface area contributed by atoms with Gasteiger partial charge in [-0.1, -0.05) is 19.1 Å². The number of nitrogens with zero attached hydrogens (tertiary/aromatic N) is 1. The molecular weight excluding hydrogens is 316 g/mol. The van der Waals surface area contributed by atoms with Crippen LogP contribution in [0.2, 0.25) is 0 Å². The lowest BCUT2D eigenvalue weighted by atomic mass is 10.2. The zero-order chi connectivity index (χ0) is 17.2. The number of benzene rings is 1. The summed E-state index contributed by atoms with van der Waals surface area (Å²) in [6.45, 7) is 3.67. The minimum atomic E-state index is -3.79. The van der Waals surface area contributed by atoms with Gasteiger partial charge in [-0.3, -0.25) is 4.72 Å². The Morgan fingerprint density at radius 3 is 2.39 bits per heavy atom. The second kappa shape index (κ2) is 6.45. The number of ether oxygens (including phenoxy) is 1. The highest BCUT2D eigenvalue weighted by molar-refractivity contribution is 7.92. The molecule has 0 saturated carbocycles. The molecule has 124 valence electrons. The predicted molar refractivity (Wildman–Crippen MR) is 88.1 cm³/mol. The summed E-state index contributed by atoms with van der Waals surface area (Å²) in [6.07, 6.45) is 0.882. The van der Waals surface area contributed by atoms with Gasteiger partial charge in [-0.15, -0.1) is 0 Å². The lowest BCUT2D eigenvalue weighted by Gasteiger charge is -2.08. The fourth-order valence-electron chi connectivity index (χ4n) is 2.26. The van der Waals surface area contributed by atoms with Gasteiger partial charge in [0, 0.05) is 18.4 Å². The molecule has 0 atom stereocenters. The zero-order valence-electron chi connectivity index (χ0n) is 13.6. The fraction of sp³-hybridized carbons (Fsp3) is 0.312. The summed E-state index contributed by atoms with van der Waals surface area (Å²) >= 11 is 0. The van der Waals surface area contributed by atoms with E-state index in [1.807, 2.05) is 19.1 Å². The van der Waals surface area contributed by atoms with Crippen LogP contribution in [0.3, 0.4) is 0 Å². The van der Waals surface area contributed by atoms with Crippen LogP contribution in [0, 0.1) is 6.92 Å². The average Bonchev–Trinajstić information content (AvgIpc) is 2.83. The highest BCUT2D eigenvalue weighted by Gasteiger charge is 2.24. The maximum Gasteiger partial charge on any atom is 0.354 e. The molecular formula is C16H20N2O4S. The molecule has 2 aromatic rings. The molecule has 1 aromatic heterocycles. The van der Waals surface area contributed by atoms with Crippen LogP contribution in [0.5, 0.6) is 0 Å². The number of carbonyl (C=O) groups excluding carboxylic acids is 1. The first kappa shape index (κ1) is 17.1. The van der Waals surface area contributed by atoms with Crippen molar-refractivity contribution in [3.8, 4) is 0 Å².